The lowest BCUT2D eigenvalue weighted by molar-refractivity contribution is -0.155. The molecule has 0 aliphatic rings. The van der Waals surface area contributed by atoms with E-state index in [1.165, 1.54) is 37.3 Å². The van der Waals surface area contributed by atoms with Crippen molar-refractivity contribution < 1.29 is 37.0 Å². The molecule has 0 saturated heterocycles. The second-order valence-electron chi connectivity index (χ2n) is 5.88. The van der Waals surface area contributed by atoms with E-state index in [9.17, 15) is 27.6 Å². The van der Waals surface area contributed by atoms with Gasteiger partial charge in [0, 0.05) is 11.3 Å². The summed E-state index contributed by atoms with van der Waals surface area (Å²) >= 11 is 0. The molecule has 0 saturated carbocycles. The van der Waals surface area contributed by atoms with Crippen LogP contribution in [0.5, 0.6) is 5.75 Å². The van der Waals surface area contributed by atoms with E-state index in [0.29, 0.717) is 5.69 Å². The number of amides is 2. The van der Waals surface area contributed by atoms with Crippen molar-refractivity contribution >= 4 is 23.5 Å². The van der Waals surface area contributed by atoms with Crippen LogP contribution in [0.25, 0.3) is 0 Å². The molecule has 29 heavy (non-hydrogen) atoms. The van der Waals surface area contributed by atoms with Crippen LogP contribution in [0.15, 0.2) is 48.5 Å². The number of benzene rings is 2. The molecule has 0 aliphatic carbocycles. The molecule has 0 radical (unpaired) electrons. The molecule has 1 atom stereocenters. The molecule has 0 spiro atoms. The summed E-state index contributed by atoms with van der Waals surface area (Å²) in [4.78, 5) is 34.8. The van der Waals surface area contributed by atoms with Gasteiger partial charge in [-0.15, -0.1) is 0 Å². The van der Waals surface area contributed by atoms with Crippen molar-refractivity contribution in [3.8, 4) is 5.75 Å². The SMILES string of the molecule is C[C@H](OC(=O)COc1cccc(C(F)(F)F)c1)C(=O)Nc1ccc(C(N)=O)cc1. The molecule has 0 aromatic heterocycles. The molecule has 2 amide bonds. The second-order valence-corrected chi connectivity index (χ2v) is 5.88. The normalized spacial score (nSPS) is 12.0. The molecule has 2 aromatic rings. The van der Waals surface area contributed by atoms with E-state index in [4.69, 9.17) is 15.2 Å². The molecule has 0 aliphatic heterocycles. The fourth-order valence-corrected chi connectivity index (χ4v) is 2.15. The predicted molar refractivity (Wildman–Crippen MR) is 96.1 cm³/mol. The number of esters is 1. The number of nitrogens with one attached hydrogen (secondary N) is 1. The van der Waals surface area contributed by atoms with Crippen molar-refractivity contribution in [1.29, 1.82) is 0 Å². The predicted octanol–water partition coefficient (Wildman–Crippen LogP) is 2.75. The van der Waals surface area contributed by atoms with Gasteiger partial charge < -0.3 is 20.5 Å². The Bertz CT molecular complexity index is 897. The number of primary amides is 1. The molecule has 3 N–H and O–H groups in total. The first-order valence-electron chi connectivity index (χ1n) is 8.26. The van der Waals surface area contributed by atoms with Crippen molar-refractivity contribution in [3.63, 3.8) is 0 Å². The van der Waals surface area contributed by atoms with Crippen molar-refractivity contribution in [2.75, 3.05) is 11.9 Å². The first-order valence-corrected chi connectivity index (χ1v) is 8.26. The largest absolute Gasteiger partial charge is 0.482 e. The number of halogens is 3. The van der Waals surface area contributed by atoms with Crippen LogP contribution in [0.2, 0.25) is 0 Å². The van der Waals surface area contributed by atoms with Crippen LogP contribution in [0, 0.1) is 0 Å². The first-order chi connectivity index (χ1) is 13.6. The molecule has 2 rings (SSSR count). The highest BCUT2D eigenvalue weighted by atomic mass is 19.4. The lowest BCUT2D eigenvalue weighted by atomic mass is 10.2. The summed E-state index contributed by atoms with van der Waals surface area (Å²) in [5.74, 6) is -2.37. The van der Waals surface area contributed by atoms with E-state index in [1.807, 2.05) is 0 Å². The molecule has 0 heterocycles. The Balaban J connectivity index is 1.85. The Hall–Kier alpha value is -3.56. The highest BCUT2D eigenvalue weighted by Crippen LogP contribution is 2.31. The molecule has 0 fully saturated rings. The summed E-state index contributed by atoms with van der Waals surface area (Å²) in [7, 11) is 0. The summed E-state index contributed by atoms with van der Waals surface area (Å²) in [5, 5.41) is 2.48. The first kappa shape index (κ1) is 21.7. The van der Waals surface area contributed by atoms with Gasteiger partial charge >= 0.3 is 12.1 Å². The van der Waals surface area contributed by atoms with E-state index in [-0.39, 0.29) is 11.3 Å². The number of ether oxygens (including phenoxy) is 2. The zero-order chi connectivity index (χ0) is 21.6. The number of rotatable bonds is 7. The van der Waals surface area contributed by atoms with Crippen LogP contribution in [0.1, 0.15) is 22.8 Å². The van der Waals surface area contributed by atoms with Crippen LogP contribution in [-0.4, -0.2) is 30.5 Å². The number of nitrogens with two attached hydrogens (primary N) is 1. The van der Waals surface area contributed by atoms with Gasteiger partial charge in [-0.1, -0.05) is 6.07 Å². The maximum Gasteiger partial charge on any atom is 0.416 e. The number of carbonyl (C=O) groups excluding carboxylic acids is 3. The molecule has 2 aromatic carbocycles. The third kappa shape index (κ3) is 6.52. The van der Waals surface area contributed by atoms with Gasteiger partial charge in [0.15, 0.2) is 12.7 Å². The highest BCUT2D eigenvalue weighted by Gasteiger charge is 2.30. The van der Waals surface area contributed by atoms with E-state index >= 15 is 0 Å². The van der Waals surface area contributed by atoms with Gasteiger partial charge in [-0.25, -0.2) is 4.79 Å². The van der Waals surface area contributed by atoms with Crippen LogP contribution in [0.3, 0.4) is 0 Å². The van der Waals surface area contributed by atoms with Gasteiger partial charge in [-0.2, -0.15) is 13.2 Å². The fraction of sp³-hybridized carbons (Fsp3) is 0.211. The molecular weight excluding hydrogens is 393 g/mol. The van der Waals surface area contributed by atoms with Gasteiger partial charge in [-0.05, 0) is 49.4 Å². The maximum absolute atomic E-state index is 12.7. The monoisotopic (exact) mass is 410 g/mol. The number of hydrogen-bond donors (Lipinski definition) is 2. The van der Waals surface area contributed by atoms with E-state index < -0.39 is 42.2 Å². The van der Waals surface area contributed by atoms with Crippen molar-refractivity contribution in [2.45, 2.75) is 19.2 Å². The molecule has 0 bridgehead atoms. The minimum atomic E-state index is -4.54. The zero-order valence-corrected chi connectivity index (χ0v) is 15.2. The van der Waals surface area contributed by atoms with Crippen LogP contribution in [0.4, 0.5) is 18.9 Å². The van der Waals surface area contributed by atoms with Crippen LogP contribution in [-0.2, 0) is 20.5 Å². The van der Waals surface area contributed by atoms with Gasteiger partial charge in [0.25, 0.3) is 5.91 Å². The number of hydrogen-bond acceptors (Lipinski definition) is 5. The quantitative estimate of drug-likeness (QED) is 0.683. The standard InChI is InChI=1S/C19H17F3N2O5/c1-11(18(27)24-14-7-5-12(6-8-14)17(23)26)29-16(25)10-28-15-4-2-3-13(9-15)19(20,21)22/h2-9,11H,10H2,1H3,(H2,23,26)(H,24,27)/t11-/m0/s1. The number of carbonyl (C=O) groups is 3. The number of alkyl halides is 3. The minimum Gasteiger partial charge on any atom is -0.482 e. The summed E-state index contributed by atoms with van der Waals surface area (Å²) in [6, 6.07) is 9.74. The van der Waals surface area contributed by atoms with Crippen LogP contribution >= 0.6 is 0 Å². The minimum absolute atomic E-state index is 0.163. The summed E-state index contributed by atoms with van der Waals surface area (Å²) in [6.45, 7) is 0.640. The summed E-state index contributed by atoms with van der Waals surface area (Å²) in [5.41, 5.74) is 4.81. The number of anilines is 1. The lowest BCUT2D eigenvalue weighted by Gasteiger charge is -2.14. The van der Waals surface area contributed by atoms with E-state index in [1.54, 1.807) is 0 Å². The van der Waals surface area contributed by atoms with E-state index in [0.717, 1.165) is 18.2 Å². The smallest absolute Gasteiger partial charge is 0.416 e. The molecule has 154 valence electrons. The molecule has 7 nitrogen and oxygen atoms in total. The van der Waals surface area contributed by atoms with Gasteiger partial charge in [0.2, 0.25) is 5.91 Å². The zero-order valence-electron chi connectivity index (χ0n) is 15.2. The van der Waals surface area contributed by atoms with Crippen molar-refractivity contribution in [2.24, 2.45) is 5.73 Å². The van der Waals surface area contributed by atoms with E-state index in [2.05, 4.69) is 5.32 Å². The molecule has 0 unspecified atom stereocenters. The second kappa shape index (κ2) is 9.09. The van der Waals surface area contributed by atoms with Crippen molar-refractivity contribution in [1.82, 2.24) is 0 Å². The highest BCUT2D eigenvalue weighted by molar-refractivity contribution is 5.96. The van der Waals surface area contributed by atoms with Crippen LogP contribution < -0.4 is 15.8 Å². The Kier molecular flexibility index (Phi) is 6.81. The third-order valence-electron chi connectivity index (χ3n) is 3.63. The maximum atomic E-state index is 12.7. The topological polar surface area (TPSA) is 108 Å². The van der Waals surface area contributed by atoms with Gasteiger partial charge in [-0.3, -0.25) is 9.59 Å². The van der Waals surface area contributed by atoms with Crippen molar-refractivity contribution in [3.05, 3.63) is 59.7 Å². The Morgan fingerprint density at radius 2 is 1.76 bits per heavy atom. The Morgan fingerprint density at radius 1 is 1.10 bits per heavy atom. The third-order valence-corrected chi connectivity index (χ3v) is 3.63. The summed E-state index contributed by atoms with van der Waals surface area (Å²) in [6.07, 6.45) is -5.73. The molecular formula is C19H17F3N2O5. The van der Waals surface area contributed by atoms with Gasteiger partial charge in [0.05, 0.1) is 5.56 Å². The Labute approximate surface area is 163 Å². The molecule has 10 heteroatoms. The summed E-state index contributed by atoms with van der Waals surface area (Å²) < 4.78 is 47.8. The Morgan fingerprint density at radius 3 is 2.34 bits per heavy atom. The fourth-order valence-electron chi connectivity index (χ4n) is 2.15. The lowest BCUT2D eigenvalue weighted by Crippen LogP contribution is -2.31. The average molecular weight is 410 g/mol. The average Bonchev–Trinajstić information content (AvgIpc) is 2.66. The van der Waals surface area contributed by atoms with Gasteiger partial charge in [0.1, 0.15) is 5.75 Å².